The zero-order valence-electron chi connectivity index (χ0n) is 17.5. The number of hydrogen-bond donors (Lipinski definition) is 1. The average Bonchev–Trinajstić information content (AvgIpc) is 2.77. The Bertz CT molecular complexity index is 1090. The number of nitrogens with one attached hydrogen (secondary N) is 1. The van der Waals surface area contributed by atoms with Gasteiger partial charge in [-0.1, -0.05) is 40.9 Å². The van der Waals surface area contributed by atoms with E-state index in [1.54, 1.807) is 30.3 Å². The van der Waals surface area contributed by atoms with E-state index in [0.717, 1.165) is 0 Å². The van der Waals surface area contributed by atoms with Crippen LogP contribution in [-0.4, -0.2) is 45.9 Å². The van der Waals surface area contributed by atoms with Crippen molar-refractivity contribution < 1.29 is 22.7 Å². The molecule has 0 spiro atoms. The third kappa shape index (κ3) is 5.61. The Labute approximate surface area is 202 Å². The van der Waals surface area contributed by atoms with Crippen LogP contribution in [-0.2, 0) is 20.6 Å². The van der Waals surface area contributed by atoms with Crippen molar-refractivity contribution in [2.75, 3.05) is 32.6 Å². The highest BCUT2D eigenvalue weighted by atomic mass is 35.5. The fraction of sp³-hybridized carbons (Fsp3) is 0.381. The van der Waals surface area contributed by atoms with Crippen molar-refractivity contribution in [2.45, 2.75) is 18.6 Å². The van der Waals surface area contributed by atoms with Crippen LogP contribution in [0.3, 0.4) is 0 Å². The van der Waals surface area contributed by atoms with E-state index in [1.807, 2.05) is 0 Å². The topological polar surface area (TPSA) is 84.9 Å². The standard InChI is InChI=1S/C21H23Cl3N2O5S/c1-30-19-10-18(20(31-2)9-17(19)24)25-21(27)13-5-4-8-26(11-13)32(28,29)12-14-15(22)6-3-7-16(14)23/h3,6-7,9-10,13H,4-5,8,11-12H2,1-2H3,(H,25,27)/t13-/m1/s1. The van der Waals surface area contributed by atoms with Crippen LogP contribution in [0.25, 0.3) is 0 Å². The molecular weight excluding hydrogens is 499 g/mol. The number of hydrogen-bond acceptors (Lipinski definition) is 5. The van der Waals surface area contributed by atoms with Crippen molar-refractivity contribution in [1.29, 1.82) is 0 Å². The molecule has 3 rings (SSSR count). The van der Waals surface area contributed by atoms with E-state index in [2.05, 4.69) is 5.32 Å². The van der Waals surface area contributed by atoms with Gasteiger partial charge in [0.2, 0.25) is 15.9 Å². The molecule has 1 amide bonds. The highest BCUT2D eigenvalue weighted by molar-refractivity contribution is 7.88. The molecule has 0 saturated carbocycles. The summed E-state index contributed by atoms with van der Waals surface area (Å²) in [7, 11) is -0.800. The summed E-state index contributed by atoms with van der Waals surface area (Å²) >= 11 is 18.4. The lowest BCUT2D eigenvalue weighted by atomic mass is 9.98. The summed E-state index contributed by atoms with van der Waals surface area (Å²) in [4.78, 5) is 13.0. The summed E-state index contributed by atoms with van der Waals surface area (Å²) in [6.07, 6.45) is 1.10. The van der Waals surface area contributed by atoms with Crippen LogP contribution >= 0.6 is 34.8 Å². The monoisotopic (exact) mass is 520 g/mol. The van der Waals surface area contributed by atoms with Crippen molar-refractivity contribution in [3.05, 3.63) is 51.0 Å². The normalized spacial score (nSPS) is 17.1. The summed E-state index contributed by atoms with van der Waals surface area (Å²) in [5.74, 6) is -0.429. The van der Waals surface area contributed by atoms with Crippen LogP contribution in [0, 0.1) is 5.92 Å². The van der Waals surface area contributed by atoms with Gasteiger partial charge in [-0.15, -0.1) is 0 Å². The summed E-state index contributed by atoms with van der Waals surface area (Å²) < 4.78 is 37.9. The highest BCUT2D eigenvalue weighted by Gasteiger charge is 2.33. The second-order valence-electron chi connectivity index (χ2n) is 7.33. The van der Waals surface area contributed by atoms with Crippen LogP contribution in [0.1, 0.15) is 18.4 Å². The van der Waals surface area contributed by atoms with E-state index in [0.29, 0.717) is 47.2 Å². The number of methoxy groups -OCH3 is 2. The quantitative estimate of drug-likeness (QED) is 0.563. The predicted octanol–water partition coefficient (Wildman–Crippen LogP) is 4.84. The summed E-state index contributed by atoms with van der Waals surface area (Å²) in [5, 5.41) is 3.73. The largest absolute Gasteiger partial charge is 0.495 e. The smallest absolute Gasteiger partial charge is 0.228 e. The molecule has 1 aliphatic rings. The molecule has 2 aromatic rings. The summed E-state index contributed by atoms with van der Waals surface area (Å²) in [6, 6.07) is 7.95. The first-order valence-corrected chi connectivity index (χ1v) is 12.5. The lowest BCUT2D eigenvalue weighted by molar-refractivity contribution is -0.120. The average molecular weight is 522 g/mol. The first-order chi connectivity index (χ1) is 15.2. The van der Waals surface area contributed by atoms with Crippen LogP contribution in [0.15, 0.2) is 30.3 Å². The highest BCUT2D eigenvalue weighted by Crippen LogP contribution is 2.36. The Morgan fingerprint density at radius 1 is 1.09 bits per heavy atom. The number of nitrogens with zero attached hydrogens (tertiary/aromatic N) is 1. The minimum Gasteiger partial charge on any atom is -0.495 e. The first-order valence-electron chi connectivity index (χ1n) is 9.79. The van der Waals surface area contributed by atoms with Crippen molar-refractivity contribution in [2.24, 2.45) is 5.92 Å². The summed E-state index contributed by atoms with van der Waals surface area (Å²) in [6.45, 7) is 0.384. The SMILES string of the molecule is COc1cc(NC(=O)[C@@H]2CCCN(S(=O)(=O)Cc3c(Cl)cccc3Cl)C2)c(OC)cc1Cl. The van der Waals surface area contributed by atoms with Crippen LogP contribution in [0.2, 0.25) is 15.1 Å². The molecule has 0 aromatic heterocycles. The van der Waals surface area contributed by atoms with E-state index in [-0.39, 0.29) is 28.3 Å². The molecule has 11 heteroatoms. The van der Waals surface area contributed by atoms with Gasteiger partial charge in [-0.2, -0.15) is 0 Å². The minimum atomic E-state index is -3.73. The first kappa shape index (κ1) is 24.9. The van der Waals surface area contributed by atoms with E-state index >= 15 is 0 Å². The molecule has 174 valence electrons. The maximum atomic E-state index is 13.0. The number of ether oxygens (including phenoxy) is 2. The van der Waals surface area contributed by atoms with Gasteiger partial charge in [0, 0.05) is 40.8 Å². The summed E-state index contributed by atoms with van der Waals surface area (Å²) in [5.41, 5.74) is 0.738. The van der Waals surface area contributed by atoms with Gasteiger partial charge < -0.3 is 14.8 Å². The number of benzene rings is 2. The number of sulfonamides is 1. The van der Waals surface area contributed by atoms with Crippen molar-refractivity contribution in [3.8, 4) is 11.5 Å². The van der Waals surface area contributed by atoms with E-state index in [1.165, 1.54) is 18.5 Å². The Morgan fingerprint density at radius 3 is 2.38 bits per heavy atom. The lowest BCUT2D eigenvalue weighted by Gasteiger charge is -2.31. The zero-order chi connectivity index (χ0) is 23.5. The number of anilines is 1. The minimum absolute atomic E-state index is 0.0588. The molecule has 0 radical (unpaired) electrons. The number of amides is 1. The Hall–Kier alpha value is -1.71. The molecule has 7 nitrogen and oxygen atoms in total. The predicted molar refractivity (Wildman–Crippen MR) is 127 cm³/mol. The van der Waals surface area contributed by atoms with Crippen molar-refractivity contribution in [1.82, 2.24) is 4.31 Å². The van der Waals surface area contributed by atoms with Crippen molar-refractivity contribution in [3.63, 3.8) is 0 Å². The number of piperidine rings is 1. The lowest BCUT2D eigenvalue weighted by Crippen LogP contribution is -2.44. The van der Waals surface area contributed by atoms with Crippen LogP contribution in [0.5, 0.6) is 11.5 Å². The van der Waals surface area contributed by atoms with Gasteiger partial charge in [0.05, 0.1) is 36.6 Å². The zero-order valence-corrected chi connectivity index (χ0v) is 20.6. The fourth-order valence-electron chi connectivity index (χ4n) is 3.55. The van der Waals surface area contributed by atoms with Gasteiger partial charge in [-0.25, -0.2) is 12.7 Å². The fourth-order valence-corrected chi connectivity index (χ4v) is 6.14. The number of rotatable bonds is 7. The van der Waals surface area contributed by atoms with Crippen LogP contribution in [0.4, 0.5) is 5.69 Å². The second kappa shape index (κ2) is 10.5. The molecule has 1 aliphatic heterocycles. The second-order valence-corrected chi connectivity index (χ2v) is 10.5. The molecule has 1 fully saturated rings. The van der Waals surface area contributed by atoms with E-state index in [4.69, 9.17) is 44.3 Å². The molecule has 1 N–H and O–H groups in total. The maximum absolute atomic E-state index is 13.0. The number of carbonyl (C=O) groups excluding carboxylic acids is 1. The van der Waals surface area contributed by atoms with Gasteiger partial charge in [-0.05, 0) is 25.0 Å². The number of halogens is 3. The Balaban J connectivity index is 1.75. The molecular formula is C21H23Cl3N2O5S. The Morgan fingerprint density at radius 2 is 1.75 bits per heavy atom. The van der Waals surface area contributed by atoms with Crippen LogP contribution < -0.4 is 14.8 Å². The van der Waals surface area contributed by atoms with Gasteiger partial charge >= 0.3 is 0 Å². The van der Waals surface area contributed by atoms with Gasteiger partial charge in [0.1, 0.15) is 11.5 Å². The molecule has 0 aliphatic carbocycles. The molecule has 0 bridgehead atoms. The molecule has 1 saturated heterocycles. The van der Waals surface area contributed by atoms with E-state index < -0.39 is 15.9 Å². The Kier molecular flexibility index (Phi) is 8.16. The van der Waals surface area contributed by atoms with Crippen molar-refractivity contribution >= 4 is 56.4 Å². The third-order valence-corrected chi connectivity index (χ3v) is 8.04. The van der Waals surface area contributed by atoms with Gasteiger partial charge in [-0.3, -0.25) is 4.79 Å². The third-order valence-electron chi connectivity index (χ3n) is 5.27. The number of carbonyl (C=O) groups is 1. The molecule has 2 aromatic carbocycles. The van der Waals surface area contributed by atoms with Gasteiger partial charge in [0.25, 0.3) is 0 Å². The van der Waals surface area contributed by atoms with E-state index in [9.17, 15) is 13.2 Å². The molecule has 0 unspecified atom stereocenters. The maximum Gasteiger partial charge on any atom is 0.228 e. The molecule has 1 atom stereocenters. The van der Waals surface area contributed by atoms with Gasteiger partial charge in [0.15, 0.2) is 0 Å². The molecule has 1 heterocycles. The molecule has 32 heavy (non-hydrogen) atoms.